The molecule has 0 heterocycles. The Morgan fingerprint density at radius 3 is 2.00 bits per heavy atom. The van der Waals surface area contributed by atoms with Gasteiger partial charge in [0.1, 0.15) is 31.0 Å². The SMILES string of the molecule is O=C(CO)[C@@H](O)[C@H](O)[C@H](O)[C@H](O)COP(=O)(O)O. The zero-order valence-corrected chi connectivity index (χ0v) is 9.92. The molecule has 0 bridgehead atoms. The van der Waals surface area contributed by atoms with Crippen molar-refractivity contribution in [2.45, 2.75) is 24.4 Å². The van der Waals surface area contributed by atoms with Gasteiger partial charge >= 0.3 is 7.82 Å². The van der Waals surface area contributed by atoms with Crippen molar-refractivity contribution >= 4 is 13.6 Å². The van der Waals surface area contributed by atoms with Crippen LogP contribution in [0.3, 0.4) is 0 Å². The molecule has 10 nitrogen and oxygen atoms in total. The van der Waals surface area contributed by atoms with Crippen molar-refractivity contribution in [3.63, 3.8) is 0 Å². The quantitative estimate of drug-likeness (QED) is 0.218. The summed E-state index contributed by atoms with van der Waals surface area (Å²) < 4.78 is 14.2. The number of aliphatic hydroxyl groups excluding tert-OH is 5. The van der Waals surface area contributed by atoms with E-state index in [1.807, 2.05) is 0 Å². The number of rotatable bonds is 8. The van der Waals surface area contributed by atoms with E-state index < -0.39 is 51.2 Å². The van der Waals surface area contributed by atoms with Crippen LogP contribution in [0.4, 0.5) is 0 Å². The molecule has 4 atom stereocenters. The van der Waals surface area contributed by atoms with Gasteiger partial charge < -0.3 is 35.3 Å². The molecule has 0 saturated carbocycles. The lowest BCUT2D eigenvalue weighted by Gasteiger charge is -2.25. The van der Waals surface area contributed by atoms with E-state index in [4.69, 9.17) is 20.0 Å². The van der Waals surface area contributed by atoms with Crippen LogP contribution in [0.15, 0.2) is 0 Å². The lowest BCUT2D eigenvalue weighted by Crippen LogP contribution is -2.49. The van der Waals surface area contributed by atoms with Crippen molar-refractivity contribution in [3.8, 4) is 0 Å². The fourth-order valence-corrected chi connectivity index (χ4v) is 1.32. The minimum Gasteiger partial charge on any atom is -0.388 e. The van der Waals surface area contributed by atoms with Gasteiger partial charge in [0, 0.05) is 0 Å². The molecule has 0 radical (unpaired) electrons. The molecule has 0 aromatic rings. The average Bonchev–Trinajstić information content (AvgIpc) is 2.31. The maximum Gasteiger partial charge on any atom is 0.469 e. The molecular weight excluding hydrogens is 275 g/mol. The highest BCUT2D eigenvalue weighted by Gasteiger charge is 2.34. The number of carbonyl (C=O) groups excluding carboxylic acids is 1. The Balaban J connectivity index is 4.40. The maximum atomic E-state index is 10.8. The van der Waals surface area contributed by atoms with Crippen LogP contribution in [-0.4, -0.2) is 78.7 Å². The van der Waals surface area contributed by atoms with E-state index >= 15 is 0 Å². The number of phosphoric acid groups is 1. The first-order valence-electron chi connectivity index (χ1n) is 4.66. The van der Waals surface area contributed by atoms with Gasteiger partial charge in [-0.2, -0.15) is 0 Å². The first kappa shape index (κ1) is 17.6. The van der Waals surface area contributed by atoms with Crippen molar-refractivity contribution in [2.24, 2.45) is 0 Å². The highest BCUT2D eigenvalue weighted by atomic mass is 31.2. The average molecular weight is 290 g/mol. The summed E-state index contributed by atoms with van der Waals surface area (Å²) in [6.45, 7) is -2.11. The van der Waals surface area contributed by atoms with Gasteiger partial charge in [0.2, 0.25) is 0 Å². The first-order chi connectivity index (χ1) is 8.10. The fraction of sp³-hybridized carbons (Fsp3) is 0.857. The summed E-state index contributed by atoms with van der Waals surface area (Å²) in [5, 5.41) is 45.2. The summed E-state index contributed by atoms with van der Waals surface area (Å²) in [5.74, 6) is -1.19. The minimum absolute atomic E-state index is 1.03. The molecule has 0 aliphatic carbocycles. The van der Waals surface area contributed by atoms with Crippen molar-refractivity contribution in [2.75, 3.05) is 13.2 Å². The summed E-state index contributed by atoms with van der Waals surface area (Å²) in [4.78, 5) is 27.4. The molecule has 0 aromatic heterocycles. The largest absolute Gasteiger partial charge is 0.469 e. The van der Waals surface area contributed by atoms with Gasteiger partial charge in [-0.3, -0.25) is 9.32 Å². The normalized spacial score (nSPS) is 19.1. The Labute approximate surface area is 101 Å². The predicted molar refractivity (Wildman–Crippen MR) is 54.1 cm³/mol. The van der Waals surface area contributed by atoms with E-state index in [1.54, 1.807) is 0 Å². The number of phosphoric ester groups is 1. The van der Waals surface area contributed by atoms with E-state index in [2.05, 4.69) is 4.52 Å². The molecule has 11 heteroatoms. The van der Waals surface area contributed by atoms with E-state index in [1.165, 1.54) is 0 Å². The zero-order chi connectivity index (χ0) is 14.5. The molecule has 7 N–H and O–H groups in total. The first-order valence-corrected chi connectivity index (χ1v) is 6.19. The minimum atomic E-state index is -4.86. The molecule has 0 rings (SSSR count). The summed E-state index contributed by atoms with van der Waals surface area (Å²) in [6, 6.07) is 0. The van der Waals surface area contributed by atoms with Crippen LogP contribution < -0.4 is 0 Å². The third-order valence-electron chi connectivity index (χ3n) is 1.97. The number of aliphatic hydroxyl groups is 5. The summed E-state index contributed by atoms with van der Waals surface area (Å²) in [6.07, 6.45) is -8.33. The maximum absolute atomic E-state index is 10.8. The monoisotopic (exact) mass is 290 g/mol. The highest BCUT2D eigenvalue weighted by molar-refractivity contribution is 7.46. The van der Waals surface area contributed by atoms with Crippen LogP contribution in [0.5, 0.6) is 0 Å². The number of hydrogen-bond donors (Lipinski definition) is 7. The lowest BCUT2D eigenvalue weighted by atomic mass is 10.0. The van der Waals surface area contributed by atoms with E-state index in [-0.39, 0.29) is 0 Å². The Morgan fingerprint density at radius 2 is 1.61 bits per heavy atom. The van der Waals surface area contributed by atoms with Gasteiger partial charge in [0.05, 0.1) is 6.61 Å². The van der Waals surface area contributed by atoms with Gasteiger partial charge in [-0.05, 0) is 0 Å². The third kappa shape index (κ3) is 5.96. The van der Waals surface area contributed by atoms with Gasteiger partial charge in [0.25, 0.3) is 0 Å². The van der Waals surface area contributed by atoms with Crippen molar-refractivity contribution < 1.29 is 49.2 Å². The standard InChI is InChI=1S/C7H15O10P/c8-1-3(9)5(11)7(13)6(12)4(10)2-17-18(14,15)16/h4-8,10-13H,1-2H2,(H2,14,15,16)/t4-,5-,6-,7+/m1/s1. The van der Waals surface area contributed by atoms with E-state index in [0.717, 1.165) is 0 Å². The second-order valence-corrected chi connectivity index (χ2v) is 4.64. The molecule has 0 fully saturated rings. The molecule has 0 aliphatic rings. The molecule has 18 heavy (non-hydrogen) atoms. The summed E-state index contributed by atoms with van der Waals surface area (Å²) >= 11 is 0. The second-order valence-electron chi connectivity index (χ2n) is 3.40. The Kier molecular flexibility index (Phi) is 7.07. The van der Waals surface area contributed by atoms with Gasteiger partial charge in [-0.15, -0.1) is 0 Å². The highest BCUT2D eigenvalue weighted by Crippen LogP contribution is 2.35. The molecule has 0 aliphatic heterocycles. The molecule has 0 spiro atoms. The smallest absolute Gasteiger partial charge is 0.388 e. The zero-order valence-electron chi connectivity index (χ0n) is 9.03. The molecule has 0 unspecified atom stereocenters. The van der Waals surface area contributed by atoms with Crippen LogP contribution in [0.1, 0.15) is 0 Å². The summed E-state index contributed by atoms with van der Waals surface area (Å²) in [7, 11) is -4.86. The second kappa shape index (κ2) is 7.24. The van der Waals surface area contributed by atoms with Crippen molar-refractivity contribution in [3.05, 3.63) is 0 Å². The van der Waals surface area contributed by atoms with Crippen molar-refractivity contribution in [1.29, 1.82) is 0 Å². The van der Waals surface area contributed by atoms with Crippen LogP contribution in [0.2, 0.25) is 0 Å². The molecule has 108 valence electrons. The molecular formula is C7H15O10P. The Hall–Kier alpha value is -0.420. The van der Waals surface area contributed by atoms with Crippen LogP contribution in [0, 0.1) is 0 Å². The summed E-state index contributed by atoms with van der Waals surface area (Å²) in [5.41, 5.74) is 0. The Bertz CT molecular complexity index is 313. The third-order valence-corrected chi connectivity index (χ3v) is 2.45. The lowest BCUT2D eigenvalue weighted by molar-refractivity contribution is -0.149. The predicted octanol–water partition coefficient (Wildman–Crippen LogP) is -3.90. The fourth-order valence-electron chi connectivity index (χ4n) is 0.970. The number of carbonyl (C=O) groups is 1. The van der Waals surface area contributed by atoms with Gasteiger partial charge in [-0.1, -0.05) is 0 Å². The number of ketones is 1. The van der Waals surface area contributed by atoms with Crippen molar-refractivity contribution in [1.82, 2.24) is 0 Å². The molecule has 0 saturated heterocycles. The topological polar surface area (TPSA) is 185 Å². The molecule has 0 aromatic carbocycles. The molecule has 0 amide bonds. The van der Waals surface area contributed by atoms with Gasteiger partial charge in [-0.25, -0.2) is 4.57 Å². The van der Waals surface area contributed by atoms with E-state index in [9.17, 15) is 24.7 Å². The van der Waals surface area contributed by atoms with E-state index in [0.29, 0.717) is 0 Å². The van der Waals surface area contributed by atoms with Crippen LogP contribution in [-0.2, 0) is 13.9 Å². The van der Waals surface area contributed by atoms with Crippen LogP contribution in [0.25, 0.3) is 0 Å². The number of hydrogen-bond acceptors (Lipinski definition) is 8. The Morgan fingerprint density at radius 1 is 1.11 bits per heavy atom. The van der Waals surface area contributed by atoms with Gasteiger partial charge in [0.15, 0.2) is 5.78 Å². The number of Topliss-reactive ketones (excluding diaryl/α,β-unsaturated/α-hetero) is 1. The van der Waals surface area contributed by atoms with Crippen LogP contribution >= 0.6 is 7.82 Å².